The third kappa shape index (κ3) is 3.72. The molecule has 10 heteroatoms. The number of amides is 2. The van der Waals surface area contributed by atoms with Crippen LogP contribution in [0.2, 0.25) is 0 Å². The molecular weight excluding hydrogens is 412 g/mol. The van der Waals surface area contributed by atoms with Crippen molar-refractivity contribution in [2.24, 2.45) is 0 Å². The maximum Gasteiger partial charge on any atom is 0.319 e. The minimum absolute atomic E-state index is 0.104. The maximum absolute atomic E-state index is 13.4. The Kier molecular flexibility index (Phi) is 5.04. The van der Waals surface area contributed by atoms with E-state index in [9.17, 15) is 13.2 Å². The van der Waals surface area contributed by atoms with E-state index >= 15 is 0 Å². The fourth-order valence-electron chi connectivity index (χ4n) is 3.86. The summed E-state index contributed by atoms with van der Waals surface area (Å²) in [6.07, 6.45) is 0.559. The summed E-state index contributed by atoms with van der Waals surface area (Å²) in [6.45, 7) is 3.08. The number of benzene rings is 1. The zero-order valence-electron chi connectivity index (χ0n) is 16.7. The van der Waals surface area contributed by atoms with Crippen LogP contribution >= 0.6 is 11.3 Å². The Balaban J connectivity index is 1.73. The molecule has 2 aliphatic rings. The number of fused-ring (bicyclic) bond motifs is 1. The molecule has 4 rings (SSSR count). The number of hydrogen-bond donors (Lipinski definition) is 0. The number of carbonyl (C=O) groups excluding carboxylic acids is 1. The smallest absolute Gasteiger partial charge is 0.319 e. The van der Waals surface area contributed by atoms with E-state index in [0.29, 0.717) is 31.0 Å². The summed E-state index contributed by atoms with van der Waals surface area (Å²) >= 11 is 1.49. The Labute approximate surface area is 174 Å². The van der Waals surface area contributed by atoms with E-state index in [-0.39, 0.29) is 24.0 Å². The first-order valence-electron chi connectivity index (χ1n) is 9.36. The number of nitrogens with zero attached hydrogens (tertiary/aromatic N) is 4. The molecule has 0 unspecified atom stereocenters. The van der Waals surface area contributed by atoms with Gasteiger partial charge in [0.1, 0.15) is 16.2 Å². The summed E-state index contributed by atoms with van der Waals surface area (Å²) in [5.41, 5.74) is -0.0824. The minimum atomic E-state index is -3.77. The number of para-hydroxylation sites is 1. The summed E-state index contributed by atoms with van der Waals surface area (Å²) < 4.78 is 34.6. The van der Waals surface area contributed by atoms with E-state index in [2.05, 4.69) is 4.98 Å². The summed E-state index contributed by atoms with van der Waals surface area (Å²) in [7, 11) is -0.354. The average molecular weight is 437 g/mol. The van der Waals surface area contributed by atoms with E-state index in [1.165, 1.54) is 20.5 Å². The summed E-state index contributed by atoms with van der Waals surface area (Å²) in [6, 6.07) is 6.61. The number of aryl methyl sites for hydroxylation is 1. The third-order valence-electron chi connectivity index (χ3n) is 5.23. The van der Waals surface area contributed by atoms with Crippen molar-refractivity contribution in [2.75, 3.05) is 33.7 Å². The Bertz CT molecular complexity index is 1040. The molecule has 2 aromatic rings. The van der Waals surface area contributed by atoms with Crippen LogP contribution in [0.5, 0.6) is 5.75 Å². The van der Waals surface area contributed by atoms with Crippen molar-refractivity contribution in [3.05, 3.63) is 40.3 Å². The molecule has 2 aliphatic heterocycles. The second-order valence-electron chi connectivity index (χ2n) is 7.71. The van der Waals surface area contributed by atoms with Crippen molar-refractivity contribution in [1.82, 2.24) is 19.1 Å². The topological polar surface area (TPSA) is 83.1 Å². The van der Waals surface area contributed by atoms with Gasteiger partial charge >= 0.3 is 6.03 Å². The van der Waals surface area contributed by atoms with Gasteiger partial charge in [-0.25, -0.2) is 18.2 Å². The quantitative estimate of drug-likeness (QED) is 0.721. The predicted octanol–water partition coefficient (Wildman–Crippen LogP) is 2.16. The van der Waals surface area contributed by atoms with Crippen LogP contribution in [0.25, 0.3) is 0 Å². The van der Waals surface area contributed by atoms with Gasteiger partial charge in [-0.15, -0.1) is 11.3 Å². The van der Waals surface area contributed by atoms with Gasteiger partial charge in [-0.1, -0.05) is 12.1 Å². The van der Waals surface area contributed by atoms with E-state index in [1.54, 1.807) is 43.3 Å². The predicted molar refractivity (Wildman–Crippen MR) is 110 cm³/mol. The van der Waals surface area contributed by atoms with Crippen molar-refractivity contribution >= 4 is 27.4 Å². The Morgan fingerprint density at radius 1 is 1.31 bits per heavy atom. The van der Waals surface area contributed by atoms with Crippen LogP contribution < -0.4 is 4.74 Å². The number of rotatable bonds is 2. The minimum Gasteiger partial charge on any atom is -0.483 e. The van der Waals surface area contributed by atoms with E-state index in [4.69, 9.17) is 4.74 Å². The molecule has 0 radical (unpaired) electrons. The van der Waals surface area contributed by atoms with Crippen LogP contribution in [-0.2, 0) is 16.6 Å². The molecule has 1 spiro atoms. The third-order valence-corrected chi connectivity index (χ3v) is 7.89. The van der Waals surface area contributed by atoms with Crippen molar-refractivity contribution < 1.29 is 17.9 Å². The first-order chi connectivity index (χ1) is 13.7. The summed E-state index contributed by atoms with van der Waals surface area (Å²) in [5.74, 6) is 0.337. The molecule has 29 heavy (non-hydrogen) atoms. The highest BCUT2D eigenvalue weighted by atomic mass is 32.2. The number of sulfonamides is 1. The average Bonchev–Trinajstić information content (AvgIpc) is 3.25. The Morgan fingerprint density at radius 2 is 2.07 bits per heavy atom. The molecule has 1 aromatic heterocycles. The molecule has 0 saturated carbocycles. The highest BCUT2D eigenvalue weighted by Crippen LogP contribution is 2.39. The first-order valence-corrected chi connectivity index (χ1v) is 11.7. The number of hydrogen-bond acceptors (Lipinski definition) is 6. The maximum atomic E-state index is 13.4. The van der Waals surface area contributed by atoms with Gasteiger partial charge in [-0.3, -0.25) is 0 Å². The first kappa shape index (κ1) is 20.1. The van der Waals surface area contributed by atoms with Crippen LogP contribution in [0.15, 0.2) is 34.5 Å². The normalized spacial score (nSPS) is 23.5. The van der Waals surface area contributed by atoms with Gasteiger partial charge in [0.05, 0.1) is 30.3 Å². The van der Waals surface area contributed by atoms with Crippen LogP contribution in [-0.4, -0.2) is 72.9 Å². The van der Waals surface area contributed by atoms with Crippen LogP contribution in [0.1, 0.15) is 17.1 Å². The van der Waals surface area contributed by atoms with Crippen molar-refractivity contribution in [3.8, 4) is 5.75 Å². The lowest BCUT2D eigenvalue weighted by Gasteiger charge is -2.32. The van der Waals surface area contributed by atoms with Gasteiger partial charge in [-0.05, 0) is 19.1 Å². The molecule has 0 aliphatic carbocycles. The number of thiazole rings is 1. The Hall–Kier alpha value is -2.17. The van der Waals surface area contributed by atoms with E-state index in [1.807, 2.05) is 12.3 Å². The molecule has 1 aromatic carbocycles. The lowest BCUT2D eigenvalue weighted by Crippen LogP contribution is -2.50. The number of likely N-dealkylation sites (tertiary alicyclic amines) is 1. The second kappa shape index (κ2) is 7.26. The van der Waals surface area contributed by atoms with Crippen LogP contribution in [0.3, 0.4) is 0 Å². The highest BCUT2D eigenvalue weighted by Gasteiger charge is 2.49. The lowest BCUT2D eigenvalue weighted by atomic mass is 10.0. The Morgan fingerprint density at radius 3 is 2.76 bits per heavy atom. The number of ether oxygens (including phenoxy) is 1. The monoisotopic (exact) mass is 436 g/mol. The molecule has 8 nitrogen and oxygen atoms in total. The fraction of sp³-hybridized carbons (Fsp3) is 0.474. The van der Waals surface area contributed by atoms with E-state index in [0.717, 1.165) is 5.01 Å². The standard InChI is InChI=1S/C19H24N4O4S2/c1-14-20-15(11-28-14)10-23-13-19(8-9-22(12-19)18(24)21(2)3)27-16-6-4-5-7-17(16)29(23,25)26/h4-7,11H,8-10,12-13H2,1-3H3/t19-/m1/s1. The molecule has 0 bridgehead atoms. The molecule has 1 saturated heterocycles. The largest absolute Gasteiger partial charge is 0.483 e. The lowest BCUT2D eigenvalue weighted by molar-refractivity contribution is 0.0592. The SMILES string of the molecule is Cc1nc(CN2C[C@]3(CCN(C(=O)N(C)C)C3)Oc3ccccc3S2(=O)=O)cs1. The van der Waals surface area contributed by atoms with Gasteiger partial charge < -0.3 is 14.5 Å². The van der Waals surface area contributed by atoms with Gasteiger partial charge in [0.25, 0.3) is 0 Å². The van der Waals surface area contributed by atoms with Crippen molar-refractivity contribution in [2.45, 2.75) is 30.4 Å². The van der Waals surface area contributed by atoms with Gasteiger partial charge in [0.2, 0.25) is 10.0 Å². The van der Waals surface area contributed by atoms with Gasteiger partial charge in [0, 0.05) is 32.4 Å². The number of urea groups is 1. The highest BCUT2D eigenvalue weighted by molar-refractivity contribution is 7.89. The second-order valence-corrected chi connectivity index (χ2v) is 10.7. The molecule has 1 fully saturated rings. The van der Waals surface area contributed by atoms with Gasteiger partial charge in [0.15, 0.2) is 0 Å². The van der Waals surface area contributed by atoms with Crippen molar-refractivity contribution in [3.63, 3.8) is 0 Å². The van der Waals surface area contributed by atoms with Crippen LogP contribution in [0, 0.1) is 6.92 Å². The van der Waals surface area contributed by atoms with Gasteiger partial charge in [-0.2, -0.15) is 4.31 Å². The number of carbonyl (C=O) groups is 1. The molecular formula is C19H24N4O4S2. The molecule has 0 N–H and O–H groups in total. The molecule has 2 amide bonds. The zero-order chi connectivity index (χ0) is 20.8. The molecule has 156 valence electrons. The fourth-order valence-corrected chi connectivity index (χ4v) is 6.07. The molecule has 1 atom stereocenters. The summed E-state index contributed by atoms with van der Waals surface area (Å²) in [5, 5.41) is 2.77. The van der Waals surface area contributed by atoms with Crippen LogP contribution in [0.4, 0.5) is 4.79 Å². The van der Waals surface area contributed by atoms with Crippen molar-refractivity contribution in [1.29, 1.82) is 0 Å². The molecule has 3 heterocycles. The number of aromatic nitrogens is 1. The zero-order valence-corrected chi connectivity index (χ0v) is 18.3. The van der Waals surface area contributed by atoms with E-state index < -0.39 is 15.6 Å². The summed E-state index contributed by atoms with van der Waals surface area (Å²) in [4.78, 5) is 20.3.